The highest BCUT2D eigenvalue weighted by atomic mass is 19.1. The van der Waals surface area contributed by atoms with Gasteiger partial charge in [0.2, 0.25) is 5.43 Å². The van der Waals surface area contributed by atoms with Crippen LogP contribution in [0.25, 0.3) is 10.9 Å². The lowest BCUT2D eigenvalue weighted by atomic mass is 10.0. The topological polar surface area (TPSA) is 88.6 Å². The fourth-order valence-corrected chi connectivity index (χ4v) is 3.82. The van der Waals surface area contributed by atoms with Crippen molar-refractivity contribution in [3.8, 4) is 0 Å². The minimum Gasteiger partial charge on any atom is -0.477 e. The number of rotatable bonds is 3. The average molecular weight is 381 g/mol. The van der Waals surface area contributed by atoms with Crippen LogP contribution in [-0.2, 0) is 0 Å². The van der Waals surface area contributed by atoms with Crippen molar-refractivity contribution in [1.29, 1.82) is 0 Å². The fraction of sp³-hybridized carbons (Fsp3) is 0.444. The molecule has 0 spiro atoms. The van der Waals surface area contributed by atoms with Gasteiger partial charge in [0, 0.05) is 37.3 Å². The van der Waals surface area contributed by atoms with Crippen molar-refractivity contribution < 1.29 is 23.1 Å². The quantitative estimate of drug-likeness (QED) is 0.850. The maximum Gasteiger partial charge on any atom is 0.341 e. The summed E-state index contributed by atoms with van der Waals surface area (Å²) in [5, 5.41) is 8.92. The number of nitrogens with two attached hydrogens (primary N) is 1. The van der Waals surface area contributed by atoms with E-state index in [2.05, 4.69) is 0 Å². The van der Waals surface area contributed by atoms with Crippen LogP contribution in [0.1, 0.15) is 34.8 Å². The summed E-state index contributed by atoms with van der Waals surface area (Å²) in [6.07, 6.45) is 0.329. The Morgan fingerprint density at radius 2 is 2.00 bits per heavy atom. The van der Waals surface area contributed by atoms with Gasteiger partial charge in [-0.15, -0.1) is 0 Å². The lowest BCUT2D eigenvalue weighted by Crippen LogP contribution is -2.29. The number of aromatic nitrogens is 1. The Kier molecular flexibility index (Phi) is 3.95. The Balaban J connectivity index is 2.09. The number of carboxylic acids is 1. The molecule has 27 heavy (non-hydrogen) atoms. The SMILES string of the molecule is Cc1c(F)c(N2CCC(N)C2)c(F)c2c1c(=O)c(C(=O)O)cn2[C@@H]1C[C@@H]1F. The highest BCUT2D eigenvalue weighted by molar-refractivity contribution is 5.95. The third kappa shape index (κ3) is 2.60. The summed E-state index contributed by atoms with van der Waals surface area (Å²) >= 11 is 0. The molecule has 1 unspecified atom stereocenters. The zero-order valence-corrected chi connectivity index (χ0v) is 14.5. The molecule has 1 aromatic carbocycles. The third-order valence-corrected chi connectivity index (χ3v) is 5.37. The van der Waals surface area contributed by atoms with E-state index in [1.54, 1.807) is 0 Å². The summed E-state index contributed by atoms with van der Waals surface area (Å²) in [5.41, 5.74) is 3.50. The molecule has 3 N–H and O–H groups in total. The minimum atomic E-state index is -1.53. The normalized spacial score (nSPS) is 24.6. The molecule has 4 rings (SSSR count). The summed E-state index contributed by atoms with van der Waals surface area (Å²) in [7, 11) is 0. The lowest BCUT2D eigenvalue weighted by molar-refractivity contribution is 0.0694. The van der Waals surface area contributed by atoms with E-state index in [1.165, 1.54) is 11.8 Å². The van der Waals surface area contributed by atoms with Crippen LogP contribution in [0, 0.1) is 18.6 Å². The van der Waals surface area contributed by atoms with Gasteiger partial charge in [-0.2, -0.15) is 0 Å². The second kappa shape index (κ2) is 5.98. The first-order valence-electron chi connectivity index (χ1n) is 8.66. The number of hydrogen-bond acceptors (Lipinski definition) is 4. The second-order valence-electron chi connectivity index (χ2n) is 7.22. The van der Waals surface area contributed by atoms with Crippen LogP contribution in [0.4, 0.5) is 18.9 Å². The van der Waals surface area contributed by atoms with Gasteiger partial charge in [0.15, 0.2) is 11.6 Å². The molecule has 0 bridgehead atoms. The molecular weight excluding hydrogens is 363 g/mol. The van der Waals surface area contributed by atoms with Crippen LogP contribution >= 0.6 is 0 Å². The van der Waals surface area contributed by atoms with E-state index in [9.17, 15) is 19.1 Å². The van der Waals surface area contributed by atoms with Crippen LogP contribution in [0.2, 0.25) is 0 Å². The van der Waals surface area contributed by atoms with E-state index < -0.39 is 40.8 Å². The summed E-state index contributed by atoms with van der Waals surface area (Å²) in [4.78, 5) is 25.5. The molecule has 1 aliphatic carbocycles. The highest BCUT2D eigenvalue weighted by Crippen LogP contribution is 2.43. The Morgan fingerprint density at radius 1 is 1.33 bits per heavy atom. The molecule has 2 aliphatic rings. The van der Waals surface area contributed by atoms with E-state index in [0.29, 0.717) is 13.0 Å². The second-order valence-corrected chi connectivity index (χ2v) is 7.22. The van der Waals surface area contributed by atoms with Crippen molar-refractivity contribution in [1.82, 2.24) is 4.57 Å². The number of alkyl halides is 1. The monoisotopic (exact) mass is 381 g/mol. The number of nitrogens with zero attached hydrogens (tertiary/aromatic N) is 2. The number of carbonyl (C=O) groups is 1. The summed E-state index contributed by atoms with van der Waals surface area (Å²) < 4.78 is 45.3. The maximum atomic E-state index is 15.4. The number of halogens is 3. The average Bonchev–Trinajstić information content (AvgIpc) is 3.17. The molecule has 9 heteroatoms. The molecule has 1 saturated heterocycles. The number of aromatic carboxylic acids is 1. The molecule has 6 nitrogen and oxygen atoms in total. The van der Waals surface area contributed by atoms with Gasteiger partial charge >= 0.3 is 5.97 Å². The molecule has 144 valence electrons. The van der Waals surface area contributed by atoms with Crippen LogP contribution in [-0.4, -0.2) is 40.9 Å². The largest absolute Gasteiger partial charge is 0.477 e. The predicted molar refractivity (Wildman–Crippen MR) is 93.2 cm³/mol. The zero-order valence-electron chi connectivity index (χ0n) is 14.5. The Morgan fingerprint density at radius 3 is 2.52 bits per heavy atom. The van der Waals surface area contributed by atoms with Crippen molar-refractivity contribution in [3.63, 3.8) is 0 Å². The number of fused-ring (bicyclic) bond motifs is 1. The van der Waals surface area contributed by atoms with Gasteiger partial charge in [0.25, 0.3) is 0 Å². The van der Waals surface area contributed by atoms with E-state index in [0.717, 1.165) is 10.8 Å². The number of anilines is 1. The van der Waals surface area contributed by atoms with Crippen LogP contribution < -0.4 is 16.1 Å². The number of aryl methyl sites for hydroxylation is 1. The summed E-state index contributed by atoms with van der Waals surface area (Å²) in [6, 6.07) is -1.01. The minimum absolute atomic E-state index is 0.0802. The lowest BCUT2D eigenvalue weighted by Gasteiger charge is -2.23. The van der Waals surface area contributed by atoms with Crippen LogP contribution in [0.5, 0.6) is 0 Å². The van der Waals surface area contributed by atoms with E-state index in [1.807, 2.05) is 0 Å². The van der Waals surface area contributed by atoms with Gasteiger partial charge in [-0.25, -0.2) is 18.0 Å². The Labute approximate surface area is 152 Å². The first kappa shape index (κ1) is 17.8. The number of hydrogen-bond donors (Lipinski definition) is 2. The van der Waals surface area contributed by atoms with Crippen molar-refractivity contribution in [2.24, 2.45) is 5.73 Å². The number of pyridine rings is 1. The van der Waals surface area contributed by atoms with Crippen molar-refractivity contribution >= 4 is 22.6 Å². The maximum absolute atomic E-state index is 15.4. The molecule has 1 aromatic heterocycles. The van der Waals surface area contributed by atoms with Gasteiger partial charge < -0.3 is 20.3 Å². The Bertz CT molecular complexity index is 1040. The molecule has 2 aromatic rings. The summed E-state index contributed by atoms with van der Waals surface area (Å²) in [5.74, 6) is -3.44. The standard InChI is InChI=1S/C18H18F3N3O3/c1-7-12-15(14(21)16(13(7)20)23-3-2-8(22)5-23)24(11-4-10(11)19)6-9(17(12)25)18(26)27/h6,8,10-11H,2-5,22H2,1H3,(H,26,27)/t8?,10-,11+/m0/s1. The van der Waals surface area contributed by atoms with Gasteiger partial charge in [0.1, 0.15) is 17.4 Å². The van der Waals surface area contributed by atoms with Crippen molar-refractivity contribution in [2.45, 2.75) is 38.0 Å². The van der Waals surface area contributed by atoms with Crippen LogP contribution in [0.3, 0.4) is 0 Å². The van der Waals surface area contributed by atoms with Crippen LogP contribution in [0.15, 0.2) is 11.0 Å². The Hall–Kier alpha value is -2.55. The molecule has 0 radical (unpaired) electrons. The van der Waals surface area contributed by atoms with Gasteiger partial charge in [0.05, 0.1) is 16.9 Å². The van der Waals surface area contributed by atoms with Crippen molar-refractivity contribution in [3.05, 3.63) is 39.2 Å². The zero-order chi connectivity index (χ0) is 19.6. The number of carboxylic acid groups (broad SMARTS) is 1. The molecule has 3 atom stereocenters. The third-order valence-electron chi connectivity index (χ3n) is 5.37. The van der Waals surface area contributed by atoms with E-state index in [4.69, 9.17) is 5.73 Å². The molecule has 2 fully saturated rings. The molecule has 0 amide bonds. The summed E-state index contributed by atoms with van der Waals surface area (Å²) in [6.45, 7) is 1.91. The first-order chi connectivity index (χ1) is 12.7. The molecule has 1 aliphatic heterocycles. The number of benzene rings is 1. The smallest absolute Gasteiger partial charge is 0.341 e. The van der Waals surface area contributed by atoms with Gasteiger partial charge in [-0.1, -0.05) is 0 Å². The van der Waals surface area contributed by atoms with E-state index >= 15 is 8.78 Å². The van der Waals surface area contributed by atoms with E-state index in [-0.39, 0.29) is 41.2 Å². The predicted octanol–water partition coefficient (Wildman–Crippen LogP) is 2.11. The molecular formula is C18H18F3N3O3. The first-order valence-corrected chi connectivity index (χ1v) is 8.66. The molecule has 2 heterocycles. The van der Waals surface area contributed by atoms with Crippen molar-refractivity contribution in [2.75, 3.05) is 18.0 Å². The van der Waals surface area contributed by atoms with Gasteiger partial charge in [-0.05, 0) is 13.3 Å². The highest BCUT2D eigenvalue weighted by Gasteiger charge is 2.41. The fourth-order valence-electron chi connectivity index (χ4n) is 3.82. The molecule has 1 saturated carbocycles. The van der Waals surface area contributed by atoms with Gasteiger partial charge in [-0.3, -0.25) is 4.79 Å².